The Labute approximate surface area is 183 Å². The van der Waals surface area contributed by atoms with E-state index in [1.165, 1.54) is 0 Å². The number of methoxy groups -OCH3 is 1. The number of amides is 1. The molecule has 0 atom stereocenters. The SMILES string of the molecule is COc1ccccc1C1=N/C(=C/c2ccc3c(c2)OCO3)C(=O)N1c1ccc(Cl)cc1. The van der Waals surface area contributed by atoms with E-state index in [-0.39, 0.29) is 12.7 Å². The lowest BCUT2D eigenvalue weighted by molar-refractivity contribution is -0.113. The quantitative estimate of drug-likeness (QED) is 0.549. The van der Waals surface area contributed by atoms with E-state index >= 15 is 0 Å². The number of fused-ring (bicyclic) bond motifs is 1. The largest absolute Gasteiger partial charge is 0.496 e. The molecule has 0 spiro atoms. The topological polar surface area (TPSA) is 60.4 Å². The molecule has 154 valence electrons. The minimum Gasteiger partial charge on any atom is -0.496 e. The second-order valence-corrected chi connectivity index (χ2v) is 7.33. The Balaban J connectivity index is 1.62. The molecule has 0 fully saturated rings. The van der Waals surface area contributed by atoms with E-state index in [1.54, 1.807) is 42.4 Å². The summed E-state index contributed by atoms with van der Waals surface area (Å²) in [4.78, 5) is 19.7. The molecule has 0 radical (unpaired) electrons. The van der Waals surface area contributed by atoms with Crippen molar-refractivity contribution < 1.29 is 19.0 Å². The van der Waals surface area contributed by atoms with Crippen LogP contribution in [0, 0.1) is 0 Å². The van der Waals surface area contributed by atoms with Gasteiger partial charge in [0, 0.05) is 5.02 Å². The molecule has 3 aromatic rings. The van der Waals surface area contributed by atoms with Crippen LogP contribution in [0.5, 0.6) is 17.2 Å². The maximum absolute atomic E-state index is 13.4. The number of amidine groups is 1. The first-order valence-electron chi connectivity index (χ1n) is 9.57. The Morgan fingerprint density at radius 3 is 2.61 bits per heavy atom. The summed E-state index contributed by atoms with van der Waals surface area (Å²) in [6.45, 7) is 0.189. The predicted molar refractivity (Wildman–Crippen MR) is 119 cm³/mol. The highest BCUT2D eigenvalue weighted by Gasteiger charge is 2.34. The van der Waals surface area contributed by atoms with Gasteiger partial charge < -0.3 is 14.2 Å². The van der Waals surface area contributed by atoms with Crippen LogP contribution in [0.4, 0.5) is 5.69 Å². The van der Waals surface area contributed by atoms with Crippen LogP contribution in [-0.4, -0.2) is 25.6 Å². The normalized spacial score (nSPS) is 16.1. The predicted octanol–water partition coefficient (Wildman–Crippen LogP) is 4.91. The number of para-hydroxylation sites is 1. The van der Waals surface area contributed by atoms with Crippen molar-refractivity contribution in [1.29, 1.82) is 0 Å². The van der Waals surface area contributed by atoms with Crippen molar-refractivity contribution in [2.45, 2.75) is 0 Å². The molecule has 3 aromatic carbocycles. The summed E-state index contributed by atoms with van der Waals surface area (Å²) in [6, 6.07) is 20.0. The maximum Gasteiger partial charge on any atom is 0.282 e. The highest BCUT2D eigenvalue weighted by molar-refractivity contribution is 6.34. The van der Waals surface area contributed by atoms with Crippen LogP contribution in [0.3, 0.4) is 0 Å². The lowest BCUT2D eigenvalue weighted by Gasteiger charge is -2.20. The van der Waals surface area contributed by atoms with Crippen LogP contribution >= 0.6 is 11.6 Å². The summed E-state index contributed by atoms with van der Waals surface area (Å²) in [6.07, 6.45) is 1.73. The first-order valence-corrected chi connectivity index (χ1v) is 9.95. The Hall–Kier alpha value is -3.77. The van der Waals surface area contributed by atoms with Gasteiger partial charge in [-0.3, -0.25) is 9.69 Å². The molecular weight excluding hydrogens is 416 g/mol. The molecule has 0 saturated carbocycles. The number of carbonyl (C=O) groups excluding carboxylic acids is 1. The number of anilines is 1. The van der Waals surface area contributed by atoms with E-state index in [1.807, 2.05) is 42.5 Å². The molecular formula is C24H17ClN2O4. The molecule has 0 unspecified atom stereocenters. The van der Waals surface area contributed by atoms with Crippen LogP contribution in [-0.2, 0) is 4.79 Å². The molecule has 2 heterocycles. The van der Waals surface area contributed by atoms with E-state index in [0.29, 0.717) is 45.1 Å². The van der Waals surface area contributed by atoms with Crippen molar-refractivity contribution in [2.75, 3.05) is 18.8 Å². The van der Waals surface area contributed by atoms with E-state index < -0.39 is 0 Å². The number of rotatable bonds is 4. The molecule has 6 nitrogen and oxygen atoms in total. The second-order valence-electron chi connectivity index (χ2n) is 6.89. The average molecular weight is 433 g/mol. The molecule has 1 amide bonds. The number of hydrogen-bond donors (Lipinski definition) is 0. The zero-order chi connectivity index (χ0) is 21.4. The van der Waals surface area contributed by atoms with Gasteiger partial charge in [0.2, 0.25) is 6.79 Å². The molecule has 2 aliphatic heterocycles. The van der Waals surface area contributed by atoms with Crippen molar-refractivity contribution in [3.63, 3.8) is 0 Å². The summed E-state index contributed by atoms with van der Waals surface area (Å²) in [5.41, 5.74) is 2.46. The first kappa shape index (κ1) is 19.2. The van der Waals surface area contributed by atoms with Gasteiger partial charge in [0.15, 0.2) is 17.3 Å². The number of nitrogens with zero attached hydrogens (tertiary/aromatic N) is 2. The third-order valence-corrected chi connectivity index (χ3v) is 5.25. The zero-order valence-corrected chi connectivity index (χ0v) is 17.3. The maximum atomic E-state index is 13.4. The van der Waals surface area contributed by atoms with Gasteiger partial charge in [-0.1, -0.05) is 29.8 Å². The number of halogens is 1. The zero-order valence-electron chi connectivity index (χ0n) is 16.5. The minimum absolute atomic E-state index is 0.189. The lowest BCUT2D eigenvalue weighted by atomic mass is 10.1. The highest BCUT2D eigenvalue weighted by Crippen LogP contribution is 2.35. The fourth-order valence-electron chi connectivity index (χ4n) is 3.52. The number of benzene rings is 3. The second kappa shape index (κ2) is 7.81. The van der Waals surface area contributed by atoms with Crippen molar-refractivity contribution >= 4 is 35.1 Å². The summed E-state index contributed by atoms with van der Waals surface area (Å²) < 4.78 is 16.3. The van der Waals surface area contributed by atoms with Gasteiger partial charge in [0.1, 0.15) is 11.4 Å². The molecule has 31 heavy (non-hydrogen) atoms. The van der Waals surface area contributed by atoms with E-state index in [9.17, 15) is 4.79 Å². The Morgan fingerprint density at radius 2 is 1.81 bits per heavy atom. The fraction of sp³-hybridized carbons (Fsp3) is 0.0833. The van der Waals surface area contributed by atoms with Crippen LogP contribution in [0.15, 0.2) is 77.4 Å². The van der Waals surface area contributed by atoms with Crippen LogP contribution in [0.2, 0.25) is 5.02 Å². The summed E-state index contributed by atoms with van der Waals surface area (Å²) in [5, 5.41) is 0.585. The Morgan fingerprint density at radius 1 is 1.03 bits per heavy atom. The van der Waals surface area contributed by atoms with Crippen LogP contribution < -0.4 is 19.1 Å². The van der Waals surface area contributed by atoms with Crippen molar-refractivity contribution in [3.05, 3.63) is 88.6 Å². The fourth-order valence-corrected chi connectivity index (χ4v) is 3.64. The number of carbonyl (C=O) groups is 1. The van der Waals surface area contributed by atoms with E-state index in [2.05, 4.69) is 4.99 Å². The average Bonchev–Trinajstić information content (AvgIpc) is 3.39. The molecule has 0 saturated heterocycles. The molecule has 0 bridgehead atoms. The highest BCUT2D eigenvalue weighted by atomic mass is 35.5. The molecule has 7 heteroatoms. The first-order chi connectivity index (χ1) is 15.1. The molecule has 5 rings (SSSR count). The summed E-state index contributed by atoms with van der Waals surface area (Å²) in [7, 11) is 1.59. The Bertz CT molecular complexity index is 1230. The monoisotopic (exact) mass is 432 g/mol. The number of aliphatic imine (C=N–C) groups is 1. The molecule has 0 N–H and O–H groups in total. The van der Waals surface area contributed by atoms with Gasteiger partial charge in [0.05, 0.1) is 18.4 Å². The number of ether oxygens (including phenoxy) is 3. The van der Waals surface area contributed by atoms with Crippen molar-refractivity contribution in [2.24, 2.45) is 4.99 Å². The van der Waals surface area contributed by atoms with E-state index in [0.717, 1.165) is 5.56 Å². The molecule has 2 aliphatic rings. The smallest absolute Gasteiger partial charge is 0.282 e. The van der Waals surface area contributed by atoms with Gasteiger partial charge in [-0.05, 0) is 60.2 Å². The van der Waals surface area contributed by atoms with Gasteiger partial charge in [-0.25, -0.2) is 4.99 Å². The molecule has 0 aliphatic carbocycles. The molecule has 0 aromatic heterocycles. The number of hydrogen-bond acceptors (Lipinski definition) is 5. The van der Waals surface area contributed by atoms with E-state index in [4.69, 9.17) is 25.8 Å². The van der Waals surface area contributed by atoms with Crippen molar-refractivity contribution in [1.82, 2.24) is 0 Å². The minimum atomic E-state index is -0.249. The standard InChI is InChI=1S/C24H17ClN2O4/c1-29-20-5-3-2-4-18(20)23-26-19(12-15-6-11-21-22(13-15)31-14-30-21)24(28)27(23)17-9-7-16(25)8-10-17/h2-13H,14H2,1H3/b19-12+. The van der Waals surface area contributed by atoms with Crippen molar-refractivity contribution in [3.8, 4) is 17.2 Å². The lowest BCUT2D eigenvalue weighted by Crippen LogP contribution is -2.32. The summed E-state index contributed by atoms with van der Waals surface area (Å²) >= 11 is 6.05. The third kappa shape index (κ3) is 3.51. The van der Waals surface area contributed by atoms with Crippen LogP contribution in [0.25, 0.3) is 6.08 Å². The third-order valence-electron chi connectivity index (χ3n) is 4.99. The Kier molecular flexibility index (Phi) is 4.84. The van der Waals surface area contributed by atoms with Gasteiger partial charge in [-0.15, -0.1) is 0 Å². The van der Waals surface area contributed by atoms with Gasteiger partial charge >= 0.3 is 0 Å². The summed E-state index contributed by atoms with van der Waals surface area (Å²) in [5.74, 6) is 2.18. The van der Waals surface area contributed by atoms with Gasteiger partial charge in [-0.2, -0.15) is 0 Å². The van der Waals surface area contributed by atoms with Crippen LogP contribution in [0.1, 0.15) is 11.1 Å². The van der Waals surface area contributed by atoms with Gasteiger partial charge in [0.25, 0.3) is 5.91 Å².